The van der Waals surface area contributed by atoms with Crippen LogP contribution in [0.15, 0.2) is 36.4 Å². The number of aryl methyl sites for hydroxylation is 2. The Bertz CT molecular complexity index is 1010. The fourth-order valence-corrected chi connectivity index (χ4v) is 5.70. The molecule has 6 nitrogen and oxygen atoms in total. The summed E-state index contributed by atoms with van der Waals surface area (Å²) in [5.74, 6) is 0.975. The van der Waals surface area contributed by atoms with Crippen molar-refractivity contribution in [2.75, 3.05) is 31.6 Å². The molecule has 0 radical (unpaired) electrons. The van der Waals surface area contributed by atoms with Gasteiger partial charge in [-0.1, -0.05) is 36.8 Å². The lowest BCUT2D eigenvalue weighted by molar-refractivity contribution is -0.138. The summed E-state index contributed by atoms with van der Waals surface area (Å²) in [5, 5.41) is 13.0. The standard InChI is InChI=1S/C29H39N3O3/c33-28(34)19-27(26-10-4-3-9-25(26)21-11-12-21)32-17-15-24(20-32)35-18-5-1-2-8-23-14-13-22-7-6-16-30-29(22)31-23/h3-4,9-10,13-14,21,24,27H,1-2,5-8,11-12,15-20H2,(H,30,31)(H,33,34)/t24-,27?/m1/s1. The Balaban J connectivity index is 1.05. The van der Waals surface area contributed by atoms with Crippen LogP contribution in [0.2, 0.25) is 0 Å². The van der Waals surface area contributed by atoms with E-state index in [1.807, 2.05) is 0 Å². The number of hydrogen-bond donors (Lipinski definition) is 2. The lowest BCUT2D eigenvalue weighted by Crippen LogP contribution is -2.30. The lowest BCUT2D eigenvalue weighted by Gasteiger charge is -2.29. The number of pyridine rings is 1. The molecule has 6 heteroatoms. The second-order valence-electron chi connectivity index (χ2n) is 10.4. The minimum absolute atomic E-state index is 0.0588. The van der Waals surface area contributed by atoms with Crippen molar-refractivity contribution in [1.82, 2.24) is 9.88 Å². The van der Waals surface area contributed by atoms with Crippen LogP contribution in [0.3, 0.4) is 0 Å². The minimum Gasteiger partial charge on any atom is -0.481 e. The normalized spacial score (nSPS) is 20.9. The van der Waals surface area contributed by atoms with Crippen LogP contribution in [0.4, 0.5) is 5.82 Å². The van der Waals surface area contributed by atoms with Gasteiger partial charge in [0.15, 0.2) is 0 Å². The number of hydrogen-bond acceptors (Lipinski definition) is 5. The van der Waals surface area contributed by atoms with Gasteiger partial charge in [-0.05, 0) is 80.0 Å². The van der Waals surface area contributed by atoms with Gasteiger partial charge in [0.05, 0.1) is 12.5 Å². The molecule has 35 heavy (non-hydrogen) atoms. The third kappa shape index (κ3) is 6.42. The number of likely N-dealkylation sites (tertiary alicyclic amines) is 1. The van der Waals surface area contributed by atoms with Gasteiger partial charge in [0.2, 0.25) is 0 Å². The predicted molar refractivity (Wildman–Crippen MR) is 138 cm³/mol. The molecule has 1 aliphatic carbocycles. The molecule has 2 fully saturated rings. The van der Waals surface area contributed by atoms with Crippen molar-refractivity contribution in [3.63, 3.8) is 0 Å². The van der Waals surface area contributed by atoms with Crippen LogP contribution >= 0.6 is 0 Å². The SMILES string of the molecule is O=C(O)CC(c1ccccc1C1CC1)N1CC[C@@H](OCCCCCc2ccc3c(n2)NCCC3)C1. The molecular formula is C29H39N3O3. The third-order valence-electron chi connectivity index (χ3n) is 7.74. The first-order valence-electron chi connectivity index (χ1n) is 13.6. The molecule has 0 spiro atoms. The molecule has 2 atom stereocenters. The molecule has 2 aromatic rings. The monoisotopic (exact) mass is 477 g/mol. The number of aliphatic carboxylic acids is 1. The molecule has 2 N–H and O–H groups in total. The highest BCUT2D eigenvalue weighted by Crippen LogP contribution is 2.44. The van der Waals surface area contributed by atoms with E-state index in [-0.39, 0.29) is 18.6 Å². The summed E-state index contributed by atoms with van der Waals surface area (Å²) >= 11 is 0. The van der Waals surface area contributed by atoms with Crippen LogP contribution in [-0.2, 0) is 22.4 Å². The minimum atomic E-state index is -0.728. The summed E-state index contributed by atoms with van der Waals surface area (Å²) in [6.07, 6.45) is 10.5. The Kier molecular flexibility index (Phi) is 7.99. The van der Waals surface area contributed by atoms with Crippen molar-refractivity contribution < 1.29 is 14.6 Å². The molecule has 0 amide bonds. The molecule has 1 saturated carbocycles. The predicted octanol–water partition coefficient (Wildman–Crippen LogP) is 5.34. The molecule has 3 heterocycles. The Labute approximate surface area is 209 Å². The van der Waals surface area contributed by atoms with Crippen LogP contribution in [-0.4, -0.2) is 53.3 Å². The average Bonchev–Trinajstić information content (AvgIpc) is 3.62. The molecule has 1 aromatic carbocycles. The number of benzene rings is 1. The average molecular weight is 478 g/mol. The fraction of sp³-hybridized carbons (Fsp3) is 0.586. The van der Waals surface area contributed by atoms with Gasteiger partial charge in [0, 0.05) is 38.0 Å². The number of carboxylic acid groups (broad SMARTS) is 1. The summed E-state index contributed by atoms with van der Waals surface area (Å²) in [5.41, 5.74) is 5.10. The number of aromatic nitrogens is 1. The number of carboxylic acids is 1. The highest BCUT2D eigenvalue weighted by Gasteiger charge is 2.34. The summed E-state index contributed by atoms with van der Waals surface area (Å²) in [7, 11) is 0. The summed E-state index contributed by atoms with van der Waals surface area (Å²) in [4.78, 5) is 18.8. The van der Waals surface area contributed by atoms with Crippen LogP contribution in [0.1, 0.15) is 85.7 Å². The molecule has 0 bridgehead atoms. The van der Waals surface area contributed by atoms with Gasteiger partial charge >= 0.3 is 5.97 Å². The van der Waals surface area contributed by atoms with Gasteiger partial charge in [-0.15, -0.1) is 0 Å². The maximum absolute atomic E-state index is 11.7. The van der Waals surface area contributed by atoms with Gasteiger partial charge < -0.3 is 15.2 Å². The van der Waals surface area contributed by atoms with E-state index in [1.54, 1.807) is 0 Å². The Morgan fingerprint density at radius 1 is 1.14 bits per heavy atom. The number of anilines is 1. The quantitative estimate of drug-likeness (QED) is 0.402. The number of fused-ring (bicyclic) bond motifs is 1. The maximum Gasteiger partial charge on any atom is 0.305 e. The van der Waals surface area contributed by atoms with E-state index < -0.39 is 5.97 Å². The van der Waals surface area contributed by atoms with Gasteiger partial charge in [0.25, 0.3) is 0 Å². The van der Waals surface area contributed by atoms with Crippen LogP contribution < -0.4 is 5.32 Å². The van der Waals surface area contributed by atoms with Gasteiger partial charge in [-0.3, -0.25) is 9.69 Å². The van der Waals surface area contributed by atoms with E-state index in [0.29, 0.717) is 5.92 Å². The van der Waals surface area contributed by atoms with E-state index in [0.717, 1.165) is 70.6 Å². The Morgan fingerprint density at radius 2 is 2.03 bits per heavy atom. The number of nitrogens with zero attached hydrogens (tertiary/aromatic N) is 2. The van der Waals surface area contributed by atoms with Crippen LogP contribution in [0.25, 0.3) is 0 Å². The van der Waals surface area contributed by atoms with Crippen molar-refractivity contribution in [1.29, 1.82) is 0 Å². The van der Waals surface area contributed by atoms with E-state index in [2.05, 4.69) is 46.6 Å². The maximum atomic E-state index is 11.7. The van der Waals surface area contributed by atoms with Gasteiger partial charge in [0.1, 0.15) is 5.82 Å². The highest BCUT2D eigenvalue weighted by atomic mass is 16.5. The van der Waals surface area contributed by atoms with Crippen molar-refractivity contribution in [3.8, 4) is 0 Å². The van der Waals surface area contributed by atoms with Crippen molar-refractivity contribution in [2.24, 2.45) is 0 Å². The summed E-state index contributed by atoms with van der Waals surface area (Å²) < 4.78 is 6.23. The molecule has 5 rings (SSSR count). The van der Waals surface area contributed by atoms with E-state index in [4.69, 9.17) is 9.72 Å². The largest absolute Gasteiger partial charge is 0.481 e. The summed E-state index contributed by atoms with van der Waals surface area (Å²) in [6.45, 7) is 3.53. The Morgan fingerprint density at radius 3 is 2.89 bits per heavy atom. The smallest absolute Gasteiger partial charge is 0.305 e. The summed E-state index contributed by atoms with van der Waals surface area (Å²) in [6, 6.07) is 12.8. The van der Waals surface area contributed by atoms with Gasteiger partial charge in [-0.2, -0.15) is 0 Å². The molecule has 1 aromatic heterocycles. The molecule has 2 aliphatic heterocycles. The Hall–Kier alpha value is -2.44. The second kappa shape index (κ2) is 11.5. The fourth-order valence-electron chi connectivity index (χ4n) is 5.70. The van der Waals surface area contributed by atoms with E-state index in [9.17, 15) is 9.90 Å². The number of unbranched alkanes of at least 4 members (excludes halogenated alkanes) is 2. The van der Waals surface area contributed by atoms with Crippen molar-refractivity contribution >= 4 is 11.8 Å². The van der Waals surface area contributed by atoms with Gasteiger partial charge in [-0.25, -0.2) is 4.98 Å². The number of rotatable bonds is 12. The third-order valence-corrected chi connectivity index (χ3v) is 7.74. The molecule has 1 saturated heterocycles. The second-order valence-corrected chi connectivity index (χ2v) is 10.4. The van der Waals surface area contributed by atoms with Crippen LogP contribution in [0, 0.1) is 0 Å². The number of carbonyl (C=O) groups is 1. The first-order chi connectivity index (χ1) is 17.2. The zero-order valence-corrected chi connectivity index (χ0v) is 20.8. The molecule has 188 valence electrons. The van der Waals surface area contributed by atoms with Crippen molar-refractivity contribution in [2.45, 2.75) is 82.3 Å². The molecule has 1 unspecified atom stereocenters. The molecular weight excluding hydrogens is 438 g/mol. The first kappa shape index (κ1) is 24.3. The van der Waals surface area contributed by atoms with Crippen LogP contribution in [0.5, 0.6) is 0 Å². The van der Waals surface area contributed by atoms with Crippen molar-refractivity contribution in [3.05, 3.63) is 58.8 Å². The van der Waals surface area contributed by atoms with E-state index in [1.165, 1.54) is 41.6 Å². The number of nitrogens with one attached hydrogen (secondary N) is 1. The first-order valence-corrected chi connectivity index (χ1v) is 13.6. The zero-order valence-electron chi connectivity index (χ0n) is 20.8. The zero-order chi connectivity index (χ0) is 24.0. The number of ether oxygens (including phenoxy) is 1. The topological polar surface area (TPSA) is 74.7 Å². The van der Waals surface area contributed by atoms with E-state index >= 15 is 0 Å². The highest BCUT2D eigenvalue weighted by molar-refractivity contribution is 5.68. The lowest BCUT2D eigenvalue weighted by atomic mass is 9.94. The molecule has 3 aliphatic rings.